The van der Waals surface area contributed by atoms with Gasteiger partial charge in [0.05, 0.1) is 24.3 Å². The first-order valence-electron chi connectivity index (χ1n) is 7.65. The van der Waals surface area contributed by atoms with Gasteiger partial charge in [-0.2, -0.15) is 5.10 Å². The minimum absolute atomic E-state index is 0.713. The Labute approximate surface area is 145 Å². The third kappa shape index (κ3) is 2.96. The van der Waals surface area contributed by atoms with Gasteiger partial charge in [0.2, 0.25) is 0 Å². The fourth-order valence-electron chi connectivity index (χ4n) is 2.67. The molecule has 0 radical (unpaired) electrons. The summed E-state index contributed by atoms with van der Waals surface area (Å²) >= 11 is 6.02. The van der Waals surface area contributed by atoms with E-state index in [4.69, 9.17) is 16.7 Å². The van der Waals surface area contributed by atoms with Gasteiger partial charge < -0.3 is 4.57 Å². The zero-order valence-electron chi connectivity index (χ0n) is 12.9. The fraction of sp³-hybridized carbons (Fsp3) is 0.0526. The highest BCUT2D eigenvalue weighted by atomic mass is 35.5. The van der Waals surface area contributed by atoms with E-state index in [2.05, 4.69) is 11.2 Å². The minimum atomic E-state index is 0.713. The lowest BCUT2D eigenvalue weighted by atomic mass is 10.1. The Hall–Kier alpha value is -2.85. The molecular formula is C19H15ClN4. The number of hydrogen-bond acceptors (Lipinski definition) is 2. The summed E-state index contributed by atoms with van der Waals surface area (Å²) in [7, 11) is 0. The van der Waals surface area contributed by atoms with Gasteiger partial charge >= 0.3 is 0 Å². The molecular weight excluding hydrogens is 320 g/mol. The maximum Gasteiger partial charge on any atom is 0.0977 e. The summed E-state index contributed by atoms with van der Waals surface area (Å²) in [5.41, 5.74) is 4.15. The molecule has 0 fully saturated rings. The summed E-state index contributed by atoms with van der Waals surface area (Å²) in [4.78, 5) is 4.12. The first kappa shape index (κ1) is 14.7. The molecule has 2 aromatic heterocycles. The predicted molar refractivity (Wildman–Crippen MR) is 95.3 cm³/mol. The highest BCUT2D eigenvalue weighted by molar-refractivity contribution is 6.30. The number of rotatable bonds is 4. The van der Waals surface area contributed by atoms with E-state index in [1.165, 1.54) is 0 Å². The van der Waals surface area contributed by atoms with Crippen molar-refractivity contribution in [2.75, 3.05) is 0 Å². The van der Waals surface area contributed by atoms with Gasteiger partial charge in [-0.05, 0) is 24.3 Å². The van der Waals surface area contributed by atoms with Crippen molar-refractivity contribution in [1.82, 2.24) is 19.3 Å². The Morgan fingerprint density at radius 1 is 0.958 bits per heavy atom. The summed E-state index contributed by atoms with van der Waals surface area (Å²) in [6, 6.07) is 17.9. The van der Waals surface area contributed by atoms with Crippen LogP contribution in [0.1, 0.15) is 5.56 Å². The predicted octanol–water partition coefficient (Wildman–Crippen LogP) is 4.44. The summed E-state index contributed by atoms with van der Waals surface area (Å²) in [6.07, 6.45) is 7.61. The zero-order valence-corrected chi connectivity index (χ0v) is 13.6. The summed E-state index contributed by atoms with van der Waals surface area (Å²) in [5, 5.41) is 5.52. The van der Waals surface area contributed by atoms with Crippen LogP contribution in [0.25, 0.3) is 16.9 Å². The number of benzene rings is 2. The lowest BCUT2D eigenvalue weighted by Crippen LogP contribution is -1.96. The average Bonchev–Trinajstić information content (AvgIpc) is 3.27. The van der Waals surface area contributed by atoms with E-state index in [9.17, 15) is 0 Å². The third-order valence-corrected chi connectivity index (χ3v) is 4.09. The molecule has 0 atom stereocenters. The SMILES string of the molecule is Clc1ccc(-c2nn(-c3ccccc3)cc2Cn2ccnc2)cc1. The van der Waals surface area contributed by atoms with Crippen LogP contribution in [0.4, 0.5) is 0 Å². The number of halogens is 1. The van der Waals surface area contributed by atoms with Crippen LogP contribution in [-0.2, 0) is 6.54 Å². The average molecular weight is 335 g/mol. The van der Waals surface area contributed by atoms with Gasteiger partial charge in [0.15, 0.2) is 0 Å². The largest absolute Gasteiger partial charge is 0.333 e. The summed E-state index contributed by atoms with van der Waals surface area (Å²) < 4.78 is 3.95. The number of hydrogen-bond donors (Lipinski definition) is 0. The van der Waals surface area contributed by atoms with Gasteiger partial charge in [-0.1, -0.05) is 41.9 Å². The molecule has 4 rings (SSSR count). The molecule has 0 amide bonds. The van der Waals surface area contributed by atoms with Crippen LogP contribution in [0.3, 0.4) is 0 Å². The molecule has 2 aromatic carbocycles. The molecule has 0 saturated carbocycles. The Morgan fingerprint density at radius 2 is 1.75 bits per heavy atom. The van der Waals surface area contributed by atoms with Gasteiger partial charge in [0, 0.05) is 34.7 Å². The molecule has 0 aliphatic rings. The molecule has 0 aliphatic carbocycles. The van der Waals surface area contributed by atoms with Crippen molar-refractivity contribution < 1.29 is 0 Å². The van der Waals surface area contributed by atoms with Crippen molar-refractivity contribution >= 4 is 11.6 Å². The molecule has 24 heavy (non-hydrogen) atoms. The quantitative estimate of drug-likeness (QED) is 0.553. The second-order valence-electron chi connectivity index (χ2n) is 5.52. The molecule has 0 spiro atoms. The highest BCUT2D eigenvalue weighted by Gasteiger charge is 2.12. The van der Waals surface area contributed by atoms with Gasteiger partial charge in [0.1, 0.15) is 0 Å². The maximum atomic E-state index is 6.02. The second kappa shape index (κ2) is 6.34. The normalized spacial score (nSPS) is 10.9. The number of para-hydroxylation sites is 1. The van der Waals surface area contributed by atoms with Gasteiger partial charge in [-0.25, -0.2) is 9.67 Å². The Bertz CT molecular complexity index is 925. The number of nitrogens with zero attached hydrogens (tertiary/aromatic N) is 4. The van der Waals surface area contributed by atoms with E-state index in [1.54, 1.807) is 6.20 Å². The van der Waals surface area contributed by atoms with E-state index in [1.807, 2.05) is 76.4 Å². The van der Waals surface area contributed by atoms with Crippen molar-refractivity contribution in [2.45, 2.75) is 6.54 Å². The first-order chi connectivity index (χ1) is 11.8. The lowest BCUT2D eigenvalue weighted by molar-refractivity contribution is 0.797. The maximum absolute atomic E-state index is 6.02. The second-order valence-corrected chi connectivity index (χ2v) is 5.96. The third-order valence-electron chi connectivity index (χ3n) is 3.84. The number of imidazole rings is 1. The smallest absolute Gasteiger partial charge is 0.0977 e. The topological polar surface area (TPSA) is 35.6 Å². The van der Waals surface area contributed by atoms with Gasteiger partial charge in [-0.15, -0.1) is 0 Å². The van der Waals surface area contributed by atoms with Crippen LogP contribution >= 0.6 is 11.6 Å². The van der Waals surface area contributed by atoms with Gasteiger partial charge in [-0.3, -0.25) is 0 Å². The van der Waals surface area contributed by atoms with Crippen LogP contribution in [0.5, 0.6) is 0 Å². The van der Waals surface area contributed by atoms with Crippen molar-refractivity contribution in [3.05, 3.63) is 90.1 Å². The molecule has 0 aliphatic heterocycles. The van der Waals surface area contributed by atoms with E-state index >= 15 is 0 Å². The highest BCUT2D eigenvalue weighted by Crippen LogP contribution is 2.25. The molecule has 4 nitrogen and oxygen atoms in total. The molecule has 0 saturated heterocycles. The number of aromatic nitrogens is 4. The Balaban J connectivity index is 1.80. The lowest BCUT2D eigenvalue weighted by Gasteiger charge is -2.03. The van der Waals surface area contributed by atoms with Crippen LogP contribution in [0.15, 0.2) is 79.5 Å². The Morgan fingerprint density at radius 3 is 2.46 bits per heavy atom. The monoisotopic (exact) mass is 334 g/mol. The van der Waals surface area contributed by atoms with Crippen LogP contribution < -0.4 is 0 Å². The van der Waals surface area contributed by atoms with Crippen LogP contribution in [-0.4, -0.2) is 19.3 Å². The fourth-order valence-corrected chi connectivity index (χ4v) is 2.79. The molecule has 2 heterocycles. The molecule has 4 aromatic rings. The zero-order chi connectivity index (χ0) is 16.4. The van der Waals surface area contributed by atoms with Gasteiger partial charge in [0.25, 0.3) is 0 Å². The standard InChI is InChI=1S/C19H15ClN4/c20-17-8-6-15(7-9-17)19-16(12-23-11-10-21-14-23)13-24(22-19)18-4-2-1-3-5-18/h1-11,13-14H,12H2. The molecule has 0 N–H and O–H groups in total. The van der Waals surface area contributed by atoms with Crippen LogP contribution in [0, 0.1) is 0 Å². The van der Waals surface area contributed by atoms with Crippen molar-refractivity contribution in [3.8, 4) is 16.9 Å². The molecule has 5 heteroatoms. The van der Waals surface area contributed by atoms with Crippen LogP contribution in [0.2, 0.25) is 5.02 Å². The molecule has 0 unspecified atom stereocenters. The van der Waals surface area contributed by atoms with Crippen molar-refractivity contribution in [3.63, 3.8) is 0 Å². The van der Waals surface area contributed by atoms with E-state index in [-0.39, 0.29) is 0 Å². The first-order valence-corrected chi connectivity index (χ1v) is 8.03. The Kier molecular flexibility index (Phi) is 3.89. The summed E-state index contributed by atoms with van der Waals surface area (Å²) in [5.74, 6) is 0. The van der Waals surface area contributed by atoms with Crippen molar-refractivity contribution in [2.24, 2.45) is 0 Å². The summed E-state index contributed by atoms with van der Waals surface area (Å²) in [6.45, 7) is 0.713. The minimum Gasteiger partial charge on any atom is -0.333 e. The molecule has 118 valence electrons. The molecule has 0 bridgehead atoms. The van der Waals surface area contributed by atoms with Crippen molar-refractivity contribution in [1.29, 1.82) is 0 Å². The van der Waals surface area contributed by atoms with E-state index in [0.717, 1.165) is 27.5 Å². The van der Waals surface area contributed by atoms with E-state index < -0.39 is 0 Å². The van der Waals surface area contributed by atoms with E-state index in [0.29, 0.717) is 6.54 Å².